The van der Waals surface area contributed by atoms with Crippen molar-refractivity contribution in [1.29, 1.82) is 0 Å². The predicted molar refractivity (Wildman–Crippen MR) is 67.7 cm³/mol. The van der Waals surface area contributed by atoms with Crippen molar-refractivity contribution in [1.82, 2.24) is 10.3 Å². The highest BCUT2D eigenvalue weighted by Gasteiger charge is 2.36. The molecule has 0 radical (unpaired) electrons. The van der Waals surface area contributed by atoms with Gasteiger partial charge in [-0.2, -0.15) is 0 Å². The SMILES string of the molecule is Cc1cc(N2CC3CNCC3C2)ncc1[N+](=O)[O-]. The Morgan fingerprint density at radius 1 is 1.44 bits per heavy atom. The van der Waals surface area contributed by atoms with Crippen LogP contribution in [-0.4, -0.2) is 36.1 Å². The third-order valence-electron chi connectivity index (χ3n) is 3.98. The molecule has 1 N–H and O–H groups in total. The summed E-state index contributed by atoms with van der Waals surface area (Å²) in [5, 5.41) is 14.2. The second-order valence-electron chi connectivity index (χ2n) is 5.17. The van der Waals surface area contributed by atoms with Crippen LogP contribution in [0.4, 0.5) is 11.5 Å². The van der Waals surface area contributed by atoms with Crippen LogP contribution in [0.5, 0.6) is 0 Å². The molecule has 2 unspecified atom stereocenters. The van der Waals surface area contributed by atoms with E-state index in [1.807, 2.05) is 6.07 Å². The van der Waals surface area contributed by atoms with Gasteiger partial charge in [-0.3, -0.25) is 10.1 Å². The van der Waals surface area contributed by atoms with E-state index in [0.29, 0.717) is 17.4 Å². The highest BCUT2D eigenvalue weighted by atomic mass is 16.6. The van der Waals surface area contributed by atoms with Gasteiger partial charge in [0, 0.05) is 31.7 Å². The summed E-state index contributed by atoms with van der Waals surface area (Å²) in [5.41, 5.74) is 0.778. The van der Waals surface area contributed by atoms with Gasteiger partial charge in [0.2, 0.25) is 0 Å². The van der Waals surface area contributed by atoms with Crippen molar-refractivity contribution < 1.29 is 4.92 Å². The molecule has 96 valence electrons. The number of anilines is 1. The van der Waals surface area contributed by atoms with Crippen LogP contribution in [0.25, 0.3) is 0 Å². The van der Waals surface area contributed by atoms with E-state index in [0.717, 1.165) is 32.0 Å². The summed E-state index contributed by atoms with van der Waals surface area (Å²) in [6.45, 7) is 5.92. The normalized spacial score (nSPS) is 26.4. The number of rotatable bonds is 2. The summed E-state index contributed by atoms with van der Waals surface area (Å²) >= 11 is 0. The van der Waals surface area contributed by atoms with Crippen molar-refractivity contribution in [3.63, 3.8) is 0 Å². The molecule has 2 saturated heterocycles. The molecule has 2 fully saturated rings. The molecule has 0 saturated carbocycles. The zero-order chi connectivity index (χ0) is 12.7. The number of pyridine rings is 1. The molecule has 0 aromatic carbocycles. The Hall–Kier alpha value is -1.69. The molecule has 3 heterocycles. The fraction of sp³-hybridized carbons (Fsp3) is 0.583. The van der Waals surface area contributed by atoms with E-state index >= 15 is 0 Å². The molecule has 2 aliphatic heterocycles. The van der Waals surface area contributed by atoms with Crippen molar-refractivity contribution in [3.8, 4) is 0 Å². The maximum atomic E-state index is 10.8. The molecule has 6 nitrogen and oxygen atoms in total. The minimum atomic E-state index is -0.380. The minimum Gasteiger partial charge on any atom is -0.356 e. The summed E-state index contributed by atoms with van der Waals surface area (Å²) in [6.07, 6.45) is 1.37. The van der Waals surface area contributed by atoms with Gasteiger partial charge in [-0.1, -0.05) is 0 Å². The lowest BCUT2D eigenvalue weighted by Crippen LogP contribution is -2.26. The third-order valence-corrected chi connectivity index (χ3v) is 3.98. The number of hydrogen-bond acceptors (Lipinski definition) is 5. The molecule has 18 heavy (non-hydrogen) atoms. The van der Waals surface area contributed by atoms with Crippen molar-refractivity contribution >= 4 is 11.5 Å². The van der Waals surface area contributed by atoms with Gasteiger partial charge in [-0.25, -0.2) is 4.98 Å². The van der Waals surface area contributed by atoms with E-state index in [-0.39, 0.29) is 10.6 Å². The van der Waals surface area contributed by atoms with Crippen LogP contribution in [-0.2, 0) is 0 Å². The number of hydrogen-bond donors (Lipinski definition) is 1. The predicted octanol–water partition coefficient (Wildman–Crippen LogP) is 0.954. The van der Waals surface area contributed by atoms with Gasteiger partial charge in [0.1, 0.15) is 12.0 Å². The number of nitro groups is 1. The Kier molecular flexibility index (Phi) is 2.66. The van der Waals surface area contributed by atoms with Gasteiger partial charge in [0.25, 0.3) is 5.69 Å². The lowest BCUT2D eigenvalue weighted by molar-refractivity contribution is -0.385. The molecule has 0 bridgehead atoms. The van der Waals surface area contributed by atoms with Crippen molar-refractivity contribution in [2.75, 3.05) is 31.1 Å². The number of aromatic nitrogens is 1. The Morgan fingerprint density at radius 2 is 2.11 bits per heavy atom. The van der Waals surface area contributed by atoms with Gasteiger partial charge in [-0.15, -0.1) is 0 Å². The van der Waals surface area contributed by atoms with Gasteiger partial charge in [0.05, 0.1) is 4.92 Å². The summed E-state index contributed by atoms with van der Waals surface area (Å²) in [7, 11) is 0. The molecular formula is C12H16N4O2. The largest absolute Gasteiger partial charge is 0.356 e. The first kappa shape index (κ1) is 11.4. The van der Waals surface area contributed by atoms with Crippen molar-refractivity contribution in [2.45, 2.75) is 6.92 Å². The molecular weight excluding hydrogens is 232 g/mol. The molecule has 1 aromatic rings. The second kappa shape index (κ2) is 4.20. The Labute approximate surface area is 105 Å². The highest BCUT2D eigenvalue weighted by Crippen LogP contribution is 2.30. The van der Waals surface area contributed by atoms with Gasteiger partial charge in [0.15, 0.2) is 0 Å². The maximum Gasteiger partial charge on any atom is 0.290 e. The van der Waals surface area contributed by atoms with Gasteiger partial charge < -0.3 is 10.2 Å². The van der Waals surface area contributed by atoms with Crippen LogP contribution >= 0.6 is 0 Å². The van der Waals surface area contributed by atoms with Crippen LogP contribution < -0.4 is 10.2 Å². The number of nitrogens with one attached hydrogen (secondary N) is 1. The van der Waals surface area contributed by atoms with Crippen molar-refractivity contribution in [2.24, 2.45) is 11.8 Å². The fourth-order valence-corrected chi connectivity index (χ4v) is 2.94. The average molecular weight is 248 g/mol. The topological polar surface area (TPSA) is 71.3 Å². The van der Waals surface area contributed by atoms with Crippen LogP contribution in [0.15, 0.2) is 12.3 Å². The van der Waals surface area contributed by atoms with Crippen LogP contribution in [0.2, 0.25) is 0 Å². The lowest BCUT2D eigenvalue weighted by Gasteiger charge is -2.18. The lowest BCUT2D eigenvalue weighted by atomic mass is 10.0. The molecule has 0 spiro atoms. The first-order valence-corrected chi connectivity index (χ1v) is 6.22. The summed E-state index contributed by atoms with van der Waals surface area (Å²) < 4.78 is 0. The molecule has 0 amide bonds. The molecule has 2 atom stereocenters. The molecule has 0 aliphatic carbocycles. The molecule has 2 aliphatic rings. The van der Waals surface area contributed by atoms with E-state index < -0.39 is 0 Å². The van der Waals surface area contributed by atoms with E-state index in [9.17, 15) is 10.1 Å². The standard InChI is InChI=1S/C12H16N4O2/c1-8-2-12(14-5-11(8)16(17)18)15-6-9-3-13-4-10(9)7-15/h2,5,9-10,13H,3-4,6-7H2,1H3. The van der Waals surface area contributed by atoms with Crippen molar-refractivity contribution in [3.05, 3.63) is 27.9 Å². The van der Waals surface area contributed by atoms with E-state index in [4.69, 9.17) is 0 Å². The first-order valence-electron chi connectivity index (χ1n) is 6.22. The molecule has 3 rings (SSSR count). The zero-order valence-corrected chi connectivity index (χ0v) is 10.3. The van der Waals surface area contributed by atoms with Crippen LogP contribution in [0, 0.1) is 28.9 Å². The maximum absolute atomic E-state index is 10.8. The smallest absolute Gasteiger partial charge is 0.290 e. The summed E-state index contributed by atoms with van der Waals surface area (Å²) in [6, 6.07) is 1.83. The van der Waals surface area contributed by atoms with E-state index in [1.54, 1.807) is 6.92 Å². The monoisotopic (exact) mass is 248 g/mol. The second-order valence-corrected chi connectivity index (χ2v) is 5.17. The number of aryl methyl sites for hydroxylation is 1. The average Bonchev–Trinajstić information content (AvgIpc) is 2.87. The minimum absolute atomic E-state index is 0.0970. The zero-order valence-electron chi connectivity index (χ0n) is 10.3. The van der Waals surface area contributed by atoms with Gasteiger partial charge >= 0.3 is 0 Å². The number of nitrogens with zero attached hydrogens (tertiary/aromatic N) is 3. The molecule has 6 heteroatoms. The summed E-state index contributed by atoms with van der Waals surface area (Å²) in [4.78, 5) is 16.9. The Bertz CT molecular complexity index is 479. The third kappa shape index (κ3) is 1.82. The Morgan fingerprint density at radius 3 is 2.67 bits per heavy atom. The van der Waals surface area contributed by atoms with E-state index in [1.165, 1.54) is 6.20 Å². The van der Waals surface area contributed by atoms with Crippen LogP contribution in [0.1, 0.15) is 5.56 Å². The Balaban J connectivity index is 1.81. The van der Waals surface area contributed by atoms with Gasteiger partial charge in [-0.05, 0) is 24.8 Å². The highest BCUT2D eigenvalue weighted by molar-refractivity contribution is 5.49. The molecule has 1 aromatic heterocycles. The fourth-order valence-electron chi connectivity index (χ4n) is 2.94. The van der Waals surface area contributed by atoms with Crippen LogP contribution in [0.3, 0.4) is 0 Å². The summed E-state index contributed by atoms with van der Waals surface area (Å²) in [5.74, 6) is 2.26. The first-order chi connectivity index (χ1) is 8.65. The van der Waals surface area contributed by atoms with E-state index in [2.05, 4.69) is 15.2 Å². The quantitative estimate of drug-likeness (QED) is 0.623. The number of fused-ring (bicyclic) bond motifs is 1.